The summed E-state index contributed by atoms with van der Waals surface area (Å²) in [5, 5.41) is 3.79. The summed E-state index contributed by atoms with van der Waals surface area (Å²) < 4.78 is 0. The van der Waals surface area contributed by atoms with Gasteiger partial charge in [0.05, 0.1) is 29.0 Å². The zero-order valence-electron chi connectivity index (χ0n) is 20.5. The molecule has 2 aromatic carbocycles. The van der Waals surface area contributed by atoms with Crippen LogP contribution in [0.1, 0.15) is 74.8 Å². The third-order valence-electron chi connectivity index (χ3n) is 7.95. The molecule has 0 saturated carbocycles. The van der Waals surface area contributed by atoms with E-state index in [1.54, 1.807) is 12.1 Å². The van der Waals surface area contributed by atoms with Gasteiger partial charge < -0.3 is 0 Å². The minimum Gasteiger partial charge on any atom is -0.297 e. The van der Waals surface area contributed by atoms with Crippen molar-refractivity contribution in [3.05, 3.63) is 100 Å². The molecule has 1 aromatic heterocycles. The Morgan fingerprint density at radius 3 is 2.42 bits per heavy atom. The standard InChI is InChI=1S/C30H32N4O2/c35-29-24-13-3-4-14-25(24)30(36)34(29)18-6-5-17-33(26-15-7-11-21-12-8-16-31-28(21)26)27-19-22-9-1-2-10-23(22)20-32-27/h1-4,8-10,12-14,16,26-27,32H,5-7,11,15,17-20H2. The number of nitrogens with one attached hydrogen (secondary N) is 1. The molecule has 2 atom stereocenters. The maximum Gasteiger partial charge on any atom is 0.261 e. The Balaban J connectivity index is 1.17. The van der Waals surface area contributed by atoms with Gasteiger partial charge in [-0.3, -0.25) is 29.7 Å². The number of fused-ring (bicyclic) bond motifs is 3. The first-order chi connectivity index (χ1) is 17.7. The normalized spacial score (nSPS) is 20.9. The molecule has 36 heavy (non-hydrogen) atoms. The summed E-state index contributed by atoms with van der Waals surface area (Å²) in [6, 6.07) is 20.4. The predicted octanol–water partition coefficient (Wildman–Crippen LogP) is 4.51. The van der Waals surface area contributed by atoms with E-state index in [-0.39, 0.29) is 24.0 Å². The minimum atomic E-state index is -0.164. The summed E-state index contributed by atoms with van der Waals surface area (Å²) in [5.74, 6) is -0.327. The van der Waals surface area contributed by atoms with Gasteiger partial charge in [0, 0.05) is 32.3 Å². The van der Waals surface area contributed by atoms with Crippen LogP contribution in [0.3, 0.4) is 0 Å². The molecule has 6 heteroatoms. The van der Waals surface area contributed by atoms with E-state index in [4.69, 9.17) is 4.98 Å². The van der Waals surface area contributed by atoms with Crippen molar-refractivity contribution in [2.24, 2.45) is 0 Å². The maximum atomic E-state index is 12.8. The zero-order chi connectivity index (χ0) is 24.5. The minimum absolute atomic E-state index is 0.164. The Morgan fingerprint density at radius 2 is 1.61 bits per heavy atom. The largest absolute Gasteiger partial charge is 0.297 e. The molecule has 2 unspecified atom stereocenters. The van der Waals surface area contributed by atoms with Crippen molar-refractivity contribution in [1.82, 2.24) is 20.1 Å². The highest BCUT2D eigenvalue weighted by Crippen LogP contribution is 2.35. The molecule has 184 valence electrons. The number of imide groups is 1. The van der Waals surface area contributed by atoms with Gasteiger partial charge in [0.25, 0.3) is 11.8 Å². The number of hydrogen-bond donors (Lipinski definition) is 1. The van der Waals surface area contributed by atoms with E-state index < -0.39 is 0 Å². The first-order valence-corrected chi connectivity index (χ1v) is 13.2. The van der Waals surface area contributed by atoms with E-state index >= 15 is 0 Å². The van der Waals surface area contributed by atoms with Gasteiger partial charge in [0.2, 0.25) is 0 Å². The number of carbonyl (C=O) groups excluding carboxylic acids is 2. The number of amides is 2. The van der Waals surface area contributed by atoms with E-state index in [2.05, 4.69) is 40.5 Å². The molecule has 0 fully saturated rings. The second-order valence-electron chi connectivity index (χ2n) is 10.1. The highest BCUT2D eigenvalue weighted by Gasteiger charge is 2.36. The fourth-order valence-electron chi connectivity index (χ4n) is 6.11. The summed E-state index contributed by atoms with van der Waals surface area (Å²) in [6.07, 6.45) is 8.17. The molecule has 2 aliphatic heterocycles. The molecule has 6 rings (SSSR count). The van der Waals surface area contributed by atoms with Crippen molar-refractivity contribution < 1.29 is 9.59 Å². The van der Waals surface area contributed by atoms with Crippen LogP contribution in [0.15, 0.2) is 66.9 Å². The van der Waals surface area contributed by atoms with Crippen molar-refractivity contribution in [3.8, 4) is 0 Å². The van der Waals surface area contributed by atoms with Crippen molar-refractivity contribution in [1.29, 1.82) is 0 Å². The Morgan fingerprint density at radius 1 is 0.889 bits per heavy atom. The van der Waals surface area contributed by atoms with Crippen molar-refractivity contribution in [2.75, 3.05) is 13.1 Å². The molecule has 3 heterocycles. The molecule has 0 bridgehead atoms. The summed E-state index contributed by atoms with van der Waals surface area (Å²) in [5.41, 5.74) is 6.42. The van der Waals surface area contributed by atoms with Gasteiger partial charge in [0.1, 0.15) is 0 Å². The number of pyridine rings is 1. The monoisotopic (exact) mass is 480 g/mol. The van der Waals surface area contributed by atoms with Gasteiger partial charge in [-0.15, -0.1) is 0 Å². The number of hydrogen-bond acceptors (Lipinski definition) is 5. The fraction of sp³-hybridized carbons (Fsp3) is 0.367. The number of aromatic nitrogens is 1. The molecular weight excluding hydrogens is 448 g/mol. The van der Waals surface area contributed by atoms with Crippen LogP contribution in [0.5, 0.6) is 0 Å². The molecule has 0 spiro atoms. The van der Waals surface area contributed by atoms with Crippen molar-refractivity contribution in [2.45, 2.75) is 57.3 Å². The number of unbranched alkanes of at least 4 members (excludes halogenated alkanes) is 1. The van der Waals surface area contributed by atoms with Gasteiger partial charge in [-0.2, -0.15) is 0 Å². The zero-order valence-corrected chi connectivity index (χ0v) is 20.5. The van der Waals surface area contributed by atoms with E-state index in [0.29, 0.717) is 17.7 Å². The average Bonchev–Trinajstić information content (AvgIpc) is 3.17. The predicted molar refractivity (Wildman–Crippen MR) is 138 cm³/mol. The molecule has 0 saturated heterocycles. The van der Waals surface area contributed by atoms with Crippen LogP contribution in [0.4, 0.5) is 0 Å². The summed E-state index contributed by atoms with van der Waals surface area (Å²) >= 11 is 0. The first kappa shape index (κ1) is 23.1. The highest BCUT2D eigenvalue weighted by molar-refractivity contribution is 6.21. The molecule has 1 N–H and O–H groups in total. The van der Waals surface area contributed by atoms with Gasteiger partial charge in [-0.1, -0.05) is 42.5 Å². The topological polar surface area (TPSA) is 65.5 Å². The third kappa shape index (κ3) is 4.25. The van der Waals surface area contributed by atoms with Crippen LogP contribution in [0.25, 0.3) is 0 Å². The van der Waals surface area contributed by atoms with Crippen LogP contribution in [0, 0.1) is 0 Å². The Bertz CT molecular complexity index is 1250. The maximum absolute atomic E-state index is 12.8. The molecule has 0 radical (unpaired) electrons. The second kappa shape index (κ2) is 9.96. The van der Waals surface area contributed by atoms with Crippen LogP contribution in [0.2, 0.25) is 0 Å². The first-order valence-electron chi connectivity index (χ1n) is 13.2. The quantitative estimate of drug-likeness (QED) is 0.398. The Kier molecular flexibility index (Phi) is 6.38. The molecule has 3 aliphatic rings. The lowest BCUT2D eigenvalue weighted by molar-refractivity contribution is 0.0636. The average molecular weight is 481 g/mol. The number of benzene rings is 2. The Hall–Kier alpha value is -3.35. The van der Waals surface area contributed by atoms with Gasteiger partial charge >= 0.3 is 0 Å². The second-order valence-corrected chi connectivity index (χ2v) is 10.1. The summed E-state index contributed by atoms with van der Waals surface area (Å²) in [4.78, 5) is 34.4. The van der Waals surface area contributed by atoms with Gasteiger partial charge in [0.15, 0.2) is 0 Å². The van der Waals surface area contributed by atoms with E-state index in [1.807, 2.05) is 24.4 Å². The smallest absolute Gasteiger partial charge is 0.261 e. The van der Waals surface area contributed by atoms with Crippen LogP contribution in [-0.4, -0.2) is 45.9 Å². The fourth-order valence-corrected chi connectivity index (χ4v) is 6.11. The van der Waals surface area contributed by atoms with E-state index in [0.717, 1.165) is 51.6 Å². The van der Waals surface area contributed by atoms with Gasteiger partial charge in [-0.05, 0) is 67.0 Å². The van der Waals surface area contributed by atoms with Crippen LogP contribution >= 0.6 is 0 Å². The number of rotatable bonds is 7. The number of aryl methyl sites for hydroxylation is 1. The summed E-state index contributed by atoms with van der Waals surface area (Å²) in [6.45, 7) is 2.22. The molecule has 1 aliphatic carbocycles. The molecular formula is C30H32N4O2. The van der Waals surface area contributed by atoms with E-state index in [9.17, 15) is 9.59 Å². The van der Waals surface area contributed by atoms with Crippen molar-refractivity contribution in [3.63, 3.8) is 0 Å². The highest BCUT2D eigenvalue weighted by atomic mass is 16.2. The lowest BCUT2D eigenvalue weighted by Gasteiger charge is -2.42. The van der Waals surface area contributed by atoms with E-state index in [1.165, 1.54) is 27.3 Å². The van der Waals surface area contributed by atoms with Crippen molar-refractivity contribution >= 4 is 11.8 Å². The molecule has 2 amide bonds. The number of nitrogens with zero attached hydrogens (tertiary/aromatic N) is 3. The lowest BCUT2D eigenvalue weighted by atomic mass is 9.89. The molecule has 6 nitrogen and oxygen atoms in total. The molecule has 3 aromatic rings. The van der Waals surface area contributed by atoms with Crippen LogP contribution in [-0.2, 0) is 19.4 Å². The number of carbonyl (C=O) groups is 2. The SMILES string of the molecule is O=C1c2ccccc2C(=O)N1CCCCN(C1Cc2ccccc2CN1)C1CCCc2cccnc21. The third-order valence-corrected chi connectivity index (χ3v) is 7.95. The Labute approximate surface area is 212 Å². The van der Waals surface area contributed by atoms with Crippen LogP contribution < -0.4 is 5.32 Å². The lowest BCUT2D eigenvalue weighted by Crippen LogP contribution is -2.51. The summed E-state index contributed by atoms with van der Waals surface area (Å²) in [7, 11) is 0. The van der Waals surface area contributed by atoms with Gasteiger partial charge in [-0.25, -0.2) is 0 Å².